The Balaban J connectivity index is 1.44. The Labute approximate surface area is 212 Å². The first-order chi connectivity index (χ1) is 17.3. The van der Waals surface area contributed by atoms with Gasteiger partial charge in [0, 0.05) is 24.1 Å². The third-order valence-corrected chi connectivity index (χ3v) is 9.25. The summed E-state index contributed by atoms with van der Waals surface area (Å²) in [6.45, 7) is 4.16. The Morgan fingerprint density at radius 3 is 2.53 bits per heavy atom. The van der Waals surface area contributed by atoms with Crippen LogP contribution in [-0.2, 0) is 23.4 Å². The molecule has 1 saturated heterocycles. The van der Waals surface area contributed by atoms with Gasteiger partial charge in [0.25, 0.3) is 0 Å². The maximum atomic E-state index is 13.7. The molecule has 6 nitrogen and oxygen atoms in total. The van der Waals surface area contributed by atoms with Crippen LogP contribution >= 0.6 is 0 Å². The number of ketones is 1. The highest BCUT2D eigenvalue weighted by Gasteiger charge is 2.23. The van der Waals surface area contributed by atoms with E-state index in [0.29, 0.717) is 40.8 Å². The number of aromatic nitrogens is 2. The third kappa shape index (κ3) is 4.80. The average Bonchev–Trinajstić information content (AvgIpc) is 3.25. The molecule has 0 aliphatic carbocycles. The van der Waals surface area contributed by atoms with Crippen molar-refractivity contribution in [3.05, 3.63) is 88.6 Å². The predicted octanol–water partition coefficient (Wildman–Crippen LogP) is 6.28. The van der Waals surface area contributed by atoms with E-state index >= 15 is 0 Å². The van der Waals surface area contributed by atoms with E-state index in [1.54, 1.807) is 17.9 Å². The van der Waals surface area contributed by atoms with Gasteiger partial charge in [-0.25, -0.2) is 8.89 Å². The number of aryl methyl sites for hydroxylation is 2. The first kappa shape index (κ1) is 24.3. The number of benzene rings is 3. The standard InChI is InChI=1S/C29H31N3O3S/c1-20-11-14-25(21(2)27(20)31-36(34)15-7-4-8-16-36)28(33)26-18-30-32(3)29(26)35-19-22-12-13-23-9-5-6-10-24(23)17-22/h5-6,9-14,17-18H,4,7-8,15-16,19H2,1-3H3. The highest BCUT2D eigenvalue weighted by Crippen LogP contribution is 2.32. The topological polar surface area (TPSA) is 73.6 Å². The zero-order valence-electron chi connectivity index (χ0n) is 21.0. The van der Waals surface area contributed by atoms with E-state index in [4.69, 9.17) is 9.10 Å². The molecule has 0 amide bonds. The van der Waals surface area contributed by atoms with Crippen LogP contribution in [0.3, 0.4) is 0 Å². The highest BCUT2D eigenvalue weighted by molar-refractivity contribution is 7.93. The zero-order valence-corrected chi connectivity index (χ0v) is 21.8. The largest absolute Gasteiger partial charge is 0.472 e. The van der Waals surface area contributed by atoms with E-state index < -0.39 is 9.73 Å². The Morgan fingerprint density at radius 2 is 1.75 bits per heavy atom. The van der Waals surface area contributed by atoms with E-state index in [-0.39, 0.29) is 5.78 Å². The van der Waals surface area contributed by atoms with Gasteiger partial charge in [0.05, 0.1) is 21.6 Å². The van der Waals surface area contributed by atoms with Crippen molar-refractivity contribution < 1.29 is 13.7 Å². The van der Waals surface area contributed by atoms with E-state index in [9.17, 15) is 9.00 Å². The lowest BCUT2D eigenvalue weighted by molar-refractivity contribution is 0.103. The van der Waals surface area contributed by atoms with Gasteiger partial charge in [-0.15, -0.1) is 0 Å². The summed E-state index contributed by atoms with van der Waals surface area (Å²) < 4.78 is 25.8. The van der Waals surface area contributed by atoms with Crippen LogP contribution in [0.15, 0.2) is 65.2 Å². The molecule has 1 aliphatic rings. The maximum Gasteiger partial charge on any atom is 0.223 e. The number of hydrogen-bond donors (Lipinski definition) is 0. The lowest BCUT2D eigenvalue weighted by atomic mass is 9.97. The number of nitrogens with zero attached hydrogens (tertiary/aromatic N) is 3. The third-order valence-electron chi connectivity index (χ3n) is 6.88. The summed E-state index contributed by atoms with van der Waals surface area (Å²) in [7, 11) is -0.515. The summed E-state index contributed by atoms with van der Waals surface area (Å²) in [5, 5.41) is 6.61. The lowest BCUT2D eigenvalue weighted by Crippen LogP contribution is -2.16. The minimum Gasteiger partial charge on any atom is -0.472 e. The molecule has 1 aromatic heterocycles. The molecule has 1 fully saturated rings. The van der Waals surface area contributed by atoms with Crippen molar-refractivity contribution in [1.82, 2.24) is 9.78 Å². The second-order valence-electron chi connectivity index (χ2n) is 9.52. The van der Waals surface area contributed by atoms with Crippen LogP contribution in [0.2, 0.25) is 0 Å². The Kier molecular flexibility index (Phi) is 6.67. The SMILES string of the molecule is Cc1ccc(C(=O)c2cnn(C)c2OCc2ccc3ccccc3c2)c(C)c1N=S1(=O)CCCCC1. The van der Waals surface area contributed by atoms with Crippen LogP contribution in [0.5, 0.6) is 5.88 Å². The molecule has 7 heteroatoms. The van der Waals surface area contributed by atoms with Gasteiger partial charge in [0.15, 0.2) is 5.78 Å². The van der Waals surface area contributed by atoms with Crippen LogP contribution in [0.25, 0.3) is 10.8 Å². The van der Waals surface area contributed by atoms with Crippen LogP contribution in [0.1, 0.15) is 51.9 Å². The van der Waals surface area contributed by atoms with Crippen molar-refractivity contribution in [1.29, 1.82) is 0 Å². The van der Waals surface area contributed by atoms with Crippen molar-refractivity contribution in [2.75, 3.05) is 11.5 Å². The summed E-state index contributed by atoms with van der Waals surface area (Å²) in [5.41, 5.74) is 4.29. The Hall–Kier alpha value is -3.45. The molecular formula is C29H31N3O3S. The van der Waals surface area contributed by atoms with Crippen LogP contribution < -0.4 is 4.74 Å². The minimum atomic E-state index is -2.28. The molecule has 3 aromatic carbocycles. The van der Waals surface area contributed by atoms with Crippen molar-refractivity contribution in [3.8, 4) is 5.88 Å². The lowest BCUT2D eigenvalue weighted by Gasteiger charge is -2.17. The van der Waals surface area contributed by atoms with Gasteiger partial charge in [-0.1, -0.05) is 55.0 Å². The molecule has 0 N–H and O–H groups in total. The normalized spacial score (nSPS) is 15.1. The van der Waals surface area contributed by atoms with Crippen LogP contribution in [0, 0.1) is 13.8 Å². The monoisotopic (exact) mass is 501 g/mol. The average molecular weight is 502 g/mol. The number of ether oxygens (including phenoxy) is 1. The molecule has 36 heavy (non-hydrogen) atoms. The molecule has 0 atom stereocenters. The van der Waals surface area contributed by atoms with E-state index in [0.717, 1.165) is 41.3 Å². The molecule has 0 unspecified atom stereocenters. The van der Waals surface area contributed by atoms with Crippen molar-refractivity contribution in [2.45, 2.75) is 39.7 Å². The molecule has 186 valence electrons. The van der Waals surface area contributed by atoms with Crippen molar-refractivity contribution in [2.24, 2.45) is 11.4 Å². The zero-order chi connectivity index (χ0) is 25.3. The smallest absolute Gasteiger partial charge is 0.223 e. The minimum absolute atomic E-state index is 0.177. The summed E-state index contributed by atoms with van der Waals surface area (Å²) in [5.74, 6) is 1.49. The van der Waals surface area contributed by atoms with E-state index in [2.05, 4.69) is 29.4 Å². The molecule has 0 saturated carbocycles. The fourth-order valence-corrected chi connectivity index (χ4v) is 7.10. The summed E-state index contributed by atoms with van der Waals surface area (Å²) in [6, 6.07) is 18.1. The fraction of sp³-hybridized carbons (Fsp3) is 0.310. The molecule has 0 spiro atoms. The van der Waals surface area contributed by atoms with Gasteiger partial charge in [0.2, 0.25) is 5.88 Å². The summed E-state index contributed by atoms with van der Waals surface area (Å²) >= 11 is 0. The number of hydrogen-bond acceptors (Lipinski definition) is 5. The van der Waals surface area contributed by atoms with Crippen LogP contribution in [0.4, 0.5) is 5.69 Å². The summed E-state index contributed by atoms with van der Waals surface area (Å²) in [6.07, 6.45) is 4.53. The van der Waals surface area contributed by atoms with Gasteiger partial charge in [-0.05, 0) is 60.2 Å². The second-order valence-corrected chi connectivity index (χ2v) is 12.1. The van der Waals surface area contributed by atoms with Crippen molar-refractivity contribution in [3.63, 3.8) is 0 Å². The molecule has 1 aliphatic heterocycles. The number of carbonyl (C=O) groups excluding carboxylic acids is 1. The van der Waals surface area contributed by atoms with Crippen LogP contribution in [-0.4, -0.2) is 31.3 Å². The first-order valence-electron chi connectivity index (χ1n) is 12.3. The summed E-state index contributed by atoms with van der Waals surface area (Å²) in [4.78, 5) is 13.7. The number of fused-ring (bicyclic) bond motifs is 1. The maximum absolute atomic E-state index is 13.7. The molecule has 5 rings (SSSR count). The predicted molar refractivity (Wildman–Crippen MR) is 145 cm³/mol. The molecule has 2 heterocycles. The fourth-order valence-electron chi connectivity index (χ4n) is 4.79. The molecule has 0 radical (unpaired) electrons. The van der Waals surface area contributed by atoms with Crippen molar-refractivity contribution >= 4 is 32.0 Å². The Bertz CT molecular complexity index is 1570. The number of rotatable bonds is 6. The number of carbonyl (C=O) groups is 1. The van der Waals surface area contributed by atoms with Gasteiger partial charge in [-0.2, -0.15) is 9.46 Å². The molecule has 0 bridgehead atoms. The van der Waals surface area contributed by atoms with Gasteiger partial charge < -0.3 is 4.74 Å². The van der Waals surface area contributed by atoms with E-state index in [1.165, 1.54) is 5.39 Å². The Morgan fingerprint density at radius 1 is 1.00 bits per heavy atom. The van der Waals surface area contributed by atoms with Gasteiger partial charge in [-0.3, -0.25) is 4.79 Å². The van der Waals surface area contributed by atoms with E-state index in [1.807, 2.05) is 44.2 Å². The van der Waals surface area contributed by atoms with Gasteiger partial charge in [0.1, 0.15) is 12.2 Å². The molecular weight excluding hydrogens is 470 g/mol. The molecule has 4 aromatic rings. The highest BCUT2D eigenvalue weighted by atomic mass is 32.2. The first-order valence-corrected chi connectivity index (χ1v) is 14.2. The van der Waals surface area contributed by atoms with Gasteiger partial charge >= 0.3 is 0 Å². The second kappa shape index (κ2) is 9.90. The quantitative estimate of drug-likeness (QED) is 0.291.